The summed E-state index contributed by atoms with van der Waals surface area (Å²) in [6.07, 6.45) is 1.49. The lowest BCUT2D eigenvalue weighted by Gasteiger charge is -2.26. The maximum Gasteiger partial charge on any atom is 0.259 e. The van der Waals surface area contributed by atoms with E-state index in [0.29, 0.717) is 13.2 Å². The summed E-state index contributed by atoms with van der Waals surface area (Å²) in [6.45, 7) is 4.60. The molecule has 5 nitrogen and oxygen atoms in total. The van der Waals surface area contributed by atoms with Gasteiger partial charge in [0.05, 0.1) is 12.6 Å². The van der Waals surface area contributed by atoms with Crippen molar-refractivity contribution >= 4 is 5.91 Å². The molecule has 114 valence electrons. The third-order valence-electron chi connectivity index (χ3n) is 3.97. The Balaban J connectivity index is 1.97. The first-order chi connectivity index (χ1) is 10.6. The average molecular weight is 298 g/mol. The highest BCUT2D eigenvalue weighted by molar-refractivity contribution is 5.94. The number of H-pyrrole nitrogens is 1. The van der Waals surface area contributed by atoms with Gasteiger partial charge in [-0.2, -0.15) is 0 Å². The molecule has 2 aromatic rings. The van der Waals surface area contributed by atoms with E-state index in [0.717, 1.165) is 17.0 Å². The van der Waals surface area contributed by atoms with E-state index in [1.807, 2.05) is 31.2 Å². The lowest BCUT2D eigenvalue weighted by atomic mass is 10.1. The number of pyridine rings is 1. The van der Waals surface area contributed by atoms with Crippen molar-refractivity contribution in [1.29, 1.82) is 0 Å². The van der Waals surface area contributed by atoms with E-state index in [4.69, 9.17) is 4.74 Å². The molecular formula is C17H18N2O3. The number of ether oxygens (including phenoxy) is 1. The fourth-order valence-corrected chi connectivity index (χ4v) is 2.75. The van der Waals surface area contributed by atoms with Crippen molar-refractivity contribution in [2.24, 2.45) is 0 Å². The number of nitrogens with zero attached hydrogens (tertiary/aromatic N) is 1. The van der Waals surface area contributed by atoms with Crippen molar-refractivity contribution in [3.05, 3.63) is 63.6 Å². The highest BCUT2D eigenvalue weighted by Gasteiger charge is 2.28. The summed E-state index contributed by atoms with van der Waals surface area (Å²) in [7, 11) is 0. The molecule has 3 rings (SSSR count). The van der Waals surface area contributed by atoms with E-state index in [1.165, 1.54) is 12.3 Å². The van der Waals surface area contributed by atoms with E-state index in [9.17, 15) is 9.59 Å². The molecule has 1 aliphatic rings. The van der Waals surface area contributed by atoms with Crippen LogP contribution in [0.25, 0.3) is 0 Å². The molecule has 1 aromatic carbocycles. The molecule has 1 atom stereocenters. The van der Waals surface area contributed by atoms with Gasteiger partial charge in [0.1, 0.15) is 17.9 Å². The molecule has 0 spiro atoms. The van der Waals surface area contributed by atoms with Gasteiger partial charge in [-0.25, -0.2) is 0 Å². The Labute approximate surface area is 128 Å². The molecule has 0 saturated carbocycles. The number of hydrogen-bond acceptors (Lipinski definition) is 3. The smallest absolute Gasteiger partial charge is 0.259 e. The normalized spacial score (nSPS) is 17.4. The van der Waals surface area contributed by atoms with Gasteiger partial charge in [-0.05, 0) is 19.9 Å². The topological polar surface area (TPSA) is 62.4 Å². The van der Waals surface area contributed by atoms with Crippen molar-refractivity contribution in [3.8, 4) is 5.75 Å². The van der Waals surface area contributed by atoms with Crippen molar-refractivity contribution in [2.45, 2.75) is 19.9 Å². The van der Waals surface area contributed by atoms with Crippen LogP contribution in [0.4, 0.5) is 0 Å². The first-order valence-corrected chi connectivity index (χ1v) is 7.30. The number of hydrogen-bond donors (Lipinski definition) is 1. The van der Waals surface area contributed by atoms with Gasteiger partial charge >= 0.3 is 0 Å². The van der Waals surface area contributed by atoms with E-state index in [2.05, 4.69) is 4.98 Å². The molecule has 0 fully saturated rings. The molecule has 0 unspecified atom stereocenters. The maximum absolute atomic E-state index is 12.8. The van der Waals surface area contributed by atoms with Gasteiger partial charge in [-0.3, -0.25) is 9.59 Å². The standard InChI is InChI=1S/C17H18N2O3/c1-11-9-15(20)14(10-18-11)17(21)19-7-8-22-16-6-4-3-5-13(16)12(19)2/h3-6,9-10,12H,7-8H2,1-2H3,(H,18,20)/t12-/m0/s1. The zero-order chi connectivity index (χ0) is 15.7. The first kappa shape index (κ1) is 14.4. The molecule has 1 aromatic heterocycles. The molecule has 1 amide bonds. The number of nitrogens with one attached hydrogen (secondary N) is 1. The minimum Gasteiger partial charge on any atom is -0.491 e. The van der Waals surface area contributed by atoms with Gasteiger partial charge in [-0.15, -0.1) is 0 Å². The number of aryl methyl sites for hydroxylation is 1. The third kappa shape index (κ3) is 2.50. The van der Waals surface area contributed by atoms with Crippen molar-refractivity contribution in [3.63, 3.8) is 0 Å². The average Bonchev–Trinajstić information content (AvgIpc) is 2.66. The van der Waals surface area contributed by atoms with Crippen LogP contribution in [0.15, 0.2) is 41.3 Å². The van der Waals surface area contributed by atoms with Crippen LogP contribution in [0, 0.1) is 6.92 Å². The highest BCUT2D eigenvalue weighted by atomic mass is 16.5. The molecule has 0 saturated heterocycles. The first-order valence-electron chi connectivity index (χ1n) is 7.30. The highest BCUT2D eigenvalue weighted by Crippen LogP contribution is 2.31. The summed E-state index contributed by atoms with van der Waals surface area (Å²) in [5.41, 5.74) is 1.60. The van der Waals surface area contributed by atoms with E-state index >= 15 is 0 Å². The van der Waals surface area contributed by atoms with Gasteiger partial charge in [0.2, 0.25) is 0 Å². The molecule has 0 aliphatic carbocycles. The molecule has 1 aliphatic heterocycles. The van der Waals surface area contributed by atoms with Gasteiger partial charge in [0.15, 0.2) is 5.43 Å². The van der Waals surface area contributed by atoms with Crippen LogP contribution < -0.4 is 10.2 Å². The van der Waals surface area contributed by atoms with Crippen LogP contribution in [-0.2, 0) is 0 Å². The molecule has 5 heteroatoms. The zero-order valence-corrected chi connectivity index (χ0v) is 12.6. The Hall–Kier alpha value is -2.56. The number of carbonyl (C=O) groups is 1. The van der Waals surface area contributed by atoms with Crippen LogP contribution in [0.2, 0.25) is 0 Å². The van der Waals surface area contributed by atoms with Gasteiger partial charge in [0, 0.05) is 23.5 Å². The third-order valence-corrected chi connectivity index (χ3v) is 3.97. The molecule has 2 heterocycles. The number of aromatic nitrogens is 1. The van der Waals surface area contributed by atoms with Crippen LogP contribution >= 0.6 is 0 Å². The summed E-state index contributed by atoms with van der Waals surface area (Å²) in [4.78, 5) is 29.4. The fraction of sp³-hybridized carbons (Fsp3) is 0.294. The Morgan fingerprint density at radius 2 is 2.14 bits per heavy atom. The summed E-state index contributed by atoms with van der Waals surface area (Å²) in [6, 6.07) is 8.98. The minimum absolute atomic E-state index is 0.146. The SMILES string of the molecule is Cc1cc(=O)c(C(=O)N2CCOc3ccccc3[C@@H]2C)c[nH]1. The molecule has 22 heavy (non-hydrogen) atoms. The summed E-state index contributed by atoms with van der Waals surface area (Å²) >= 11 is 0. The molecular weight excluding hydrogens is 280 g/mol. The Morgan fingerprint density at radius 1 is 1.36 bits per heavy atom. The van der Waals surface area contributed by atoms with E-state index < -0.39 is 0 Å². The molecule has 0 bridgehead atoms. The number of aromatic amines is 1. The number of para-hydroxylation sites is 1. The fourth-order valence-electron chi connectivity index (χ4n) is 2.75. The predicted molar refractivity (Wildman–Crippen MR) is 83.2 cm³/mol. The van der Waals surface area contributed by atoms with Gasteiger partial charge in [0.25, 0.3) is 5.91 Å². The summed E-state index contributed by atoms with van der Waals surface area (Å²) in [5, 5.41) is 0. The zero-order valence-electron chi connectivity index (χ0n) is 12.6. The van der Waals surface area contributed by atoms with E-state index in [1.54, 1.807) is 11.8 Å². The number of rotatable bonds is 1. The lowest BCUT2D eigenvalue weighted by Crippen LogP contribution is -2.37. The molecule has 0 radical (unpaired) electrons. The second kappa shape index (κ2) is 5.67. The Kier molecular flexibility index (Phi) is 3.71. The van der Waals surface area contributed by atoms with Crippen LogP contribution in [0.5, 0.6) is 5.75 Å². The second-order valence-electron chi connectivity index (χ2n) is 5.45. The molecule has 1 N–H and O–H groups in total. The Morgan fingerprint density at radius 3 is 2.91 bits per heavy atom. The maximum atomic E-state index is 12.8. The van der Waals surface area contributed by atoms with Crippen molar-refractivity contribution in [2.75, 3.05) is 13.2 Å². The largest absolute Gasteiger partial charge is 0.491 e. The van der Waals surface area contributed by atoms with Crippen LogP contribution in [0.1, 0.15) is 34.6 Å². The summed E-state index contributed by atoms with van der Waals surface area (Å²) < 4.78 is 5.70. The van der Waals surface area contributed by atoms with Crippen LogP contribution in [-0.4, -0.2) is 28.9 Å². The second-order valence-corrected chi connectivity index (χ2v) is 5.45. The van der Waals surface area contributed by atoms with Crippen molar-refractivity contribution in [1.82, 2.24) is 9.88 Å². The van der Waals surface area contributed by atoms with Crippen molar-refractivity contribution < 1.29 is 9.53 Å². The van der Waals surface area contributed by atoms with E-state index in [-0.39, 0.29) is 22.9 Å². The van der Waals surface area contributed by atoms with Crippen LogP contribution in [0.3, 0.4) is 0 Å². The summed E-state index contributed by atoms with van der Waals surface area (Å²) in [5.74, 6) is 0.525. The Bertz CT molecular complexity index is 766. The number of amides is 1. The van der Waals surface area contributed by atoms with Gasteiger partial charge < -0.3 is 14.6 Å². The van der Waals surface area contributed by atoms with Gasteiger partial charge in [-0.1, -0.05) is 18.2 Å². The monoisotopic (exact) mass is 298 g/mol. The lowest BCUT2D eigenvalue weighted by molar-refractivity contribution is 0.0680. The predicted octanol–water partition coefficient (Wildman–Crippen LogP) is 2.28. The quantitative estimate of drug-likeness (QED) is 0.878. The minimum atomic E-state index is -0.269. The number of fused-ring (bicyclic) bond motifs is 1. The number of carbonyl (C=O) groups excluding carboxylic acids is 1. The number of benzene rings is 1.